The van der Waals surface area contributed by atoms with Crippen LogP contribution in [-0.2, 0) is 4.79 Å². The van der Waals surface area contributed by atoms with Gasteiger partial charge in [-0.3, -0.25) is 4.79 Å². The SMILES string of the molecule is CC(NCC(O)CC(C)(C)C)C(C)C(=O)O. The van der Waals surface area contributed by atoms with E-state index in [1.807, 2.05) is 6.92 Å². The van der Waals surface area contributed by atoms with Crippen LogP contribution in [0.25, 0.3) is 0 Å². The van der Waals surface area contributed by atoms with E-state index in [2.05, 4.69) is 26.1 Å². The van der Waals surface area contributed by atoms with Gasteiger partial charge in [0.1, 0.15) is 0 Å². The minimum atomic E-state index is -0.815. The Bertz CT molecular complexity index is 223. The highest BCUT2D eigenvalue weighted by Crippen LogP contribution is 2.20. The largest absolute Gasteiger partial charge is 0.481 e. The molecular formula is C12H25NO3. The van der Waals surface area contributed by atoms with E-state index in [1.54, 1.807) is 6.92 Å². The second-order valence-corrected chi connectivity index (χ2v) is 5.74. The summed E-state index contributed by atoms with van der Waals surface area (Å²) < 4.78 is 0. The van der Waals surface area contributed by atoms with Gasteiger partial charge < -0.3 is 15.5 Å². The number of hydrogen-bond donors (Lipinski definition) is 3. The molecule has 96 valence electrons. The van der Waals surface area contributed by atoms with Gasteiger partial charge in [-0.1, -0.05) is 27.7 Å². The van der Waals surface area contributed by atoms with Crippen LogP contribution in [0.3, 0.4) is 0 Å². The molecule has 3 atom stereocenters. The van der Waals surface area contributed by atoms with Gasteiger partial charge in [-0.15, -0.1) is 0 Å². The van der Waals surface area contributed by atoms with Crippen molar-refractivity contribution in [3.63, 3.8) is 0 Å². The normalized spacial score (nSPS) is 17.9. The van der Waals surface area contributed by atoms with E-state index in [0.29, 0.717) is 13.0 Å². The Morgan fingerprint density at radius 3 is 2.19 bits per heavy atom. The zero-order valence-corrected chi connectivity index (χ0v) is 10.9. The first-order chi connectivity index (χ1) is 7.13. The van der Waals surface area contributed by atoms with Gasteiger partial charge in [0.25, 0.3) is 0 Å². The van der Waals surface area contributed by atoms with E-state index in [-0.39, 0.29) is 11.5 Å². The van der Waals surface area contributed by atoms with E-state index in [1.165, 1.54) is 0 Å². The Morgan fingerprint density at radius 1 is 1.31 bits per heavy atom. The summed E-state index contributed by atoms with van der Waals surface area (Å²) in [4.78, 5) is 10.7. The van der Waals surface area contributed by atoms with Crippen molar-refractivity contribution in [2.75, 3.05) is 6.54 Å². The third-order valence-corrected chi connectivity index (χ3v) is 2.66. The Labute approximate surface area is 98.1 Å². The molecule has 0 rings (SSSR count). The third-order valence-electron chi connectivity index (χ3n) is 2.66. The highest BCUT2D eigenvalue weighted by Gasteiger charge is 2.21. The van der Waals surface area contributed by atoms with Crippen molar-refractivity contribution in [1.82, 2.24) is 5.32 Å². The summed E-state index contributed by atoms with van der Waals surface area (Å²) in [6.07, 6.45) is 0.275. The smallest absolute Gasteiger partial charge is 0.307 e. The number of nitrogens with one attached hydrogen (secondary N) is 1. The van der Waals surface area contributed by atoms with E-state index in [9.17, 15) is 9.90 Å². The van der Waals surface area contributed by atoms with Crippen LogP contribution >= 0.6 is 0 Å². The molecule has 0 radical (unpaired) electrons. The Balaban J connectivity index is 3.92. The van der Waals surface area contributed by atoms with Gasteiger partial charge in [0.15, 0.2) is 0 Å². The number of carbonyl (C=O) groups is 1. The quantitative estimate of drug-likeness (QED) is 0.647. The summed E-state index contributed by atoms with van der Waals surface area (Å²) in [5.41, 5.74) is 0.0861. The molecule has 0 amide bonds. The molecule has 3 N–H and O–H groups in total. The summed E-state index contributed by atoms with van der Waals surface area (Å²) in [6.45, 7) is 10.1. The lowest BCUT2D eigenvalue weighted by atomic mass is 9.89. The van der Waals surface area contributed by atoms with Crippen molar-refractivity contribution in [2.45, 2.75) is 53.2 Å². The van der Waals surface area contributed by atoms with E-state index < -0.39 is 18.0 Å². The van der Waals surface area contributed by atoms with Gasteiger partial charge in [-0.05, 0) is 18.8 Å². The summed E-state index contributed by atoms with van der Waals surface area (Å²) in [5, 5.41) is 21.6. The Hall–Kier alpha value is -0.610. The van der Waals surface area contributed by atoms with Crippen molar-refractivity contribution in [3.8, 4) is 0 Å². The lowest BCUT2D eigenvalue weighted by Crippen LogP contribution is -2.41. The van der Waals surface area contributed by atoms with Crippen LogP contribution < -0.4 is 5.32 Å². The topological polar surface area (TPSA) is 69.6 Å². The van der Waals surface area contributed by atoms with Crippen molar-refractivity contribution in [1.29, 1.82) is 0 Å². The molecule has 0 saturated heterocycles. The van der Waals surface area contributed by atoms with Gasteiger partial charge in [0.2, 0.25) is 0 Å². The zero-order valence-electron chi connectivity index (χ0n) is 10.9. The predicted octanol–water partition coefficient (Wildman–Crippen LogP) is 1.48. The van der Waals surface area contributed by atoms with E-state index in [4.69, 9.17) is 5.11 Å². The molecule has 4 heteroatoms. The number of aliphatic hydroxyl groups excluding tert-OH is 1. The zero-order chi connectivity index (χ0) is 12.9. The molecule has 0 aliphatic rings. The minimum Gasteiger partial charge on any atom is -0.481 e. The van der Waals surface area contributed by atoms with Crippen molar-refractivity contribution < 1.29 is 15.0 Å². The van der Waals surface area contributed by atoms with E-state index in [0.717, 1.165) is 0 Å². The van der Waals surface area contributed by atoms with Crippen LogP contribution in [0.1, 0.15) is 41.0 Å². The van der Waals surface area contributed by atoms with Crippen molar-refractivity contribution >= 4 is 5.97 Å². The molecule has 0 saturated carbocycles. The minimum absolute atomic E-state index is 0.0861. The van der Waals surface area contributed by atoms with Gasteiger partial charge in [0.05, 0.1) is 12.0 Å². The average molecular weight is 231 g/mol. The summed E-state index contributed by atoms with van der Waals surface area (Å²) in [7, 11) is 0. The molecule has 16 heavy (non-hydrogen) atoms. The number of carboxylic acid groups (broad SMARTS) is 1. The van der Waals surface area contributed by atoms with Gasteiger partial charge in [-0.25, -0.2) is 0 Å². The molecule has 0 aliphatic carbocycles. The molecule has 0 bridgehead atoms. The maximum atomic E-state index is 10.7. The molecule has 0 aromatic rings. The molecule has 4 nitrogen and oxygen atoms in total. The van der Waals surface area contributed by atoms with Crippen molar-refractivity contribution in [2.24, 2.45) is 11.3 Å². The summed E-state index contributed by atoms with van der Waals surface area (Å²) in [5.74, 6) is -1.26. The fourth-order valence-electron chi connectivity index (χ4n) is 1.49. The molecule has 0 aliphatic heterocycles. The second-order valence-electron chi connectivity index (χ2n) is 5.74. The maximum Gasteiger partial charge on any atom is 0.307 e. The third kappa shape index (κ3) is 6.80. The molecular weight excluding hydrogens is 206 g/mol. The fourth-order valence-corrected chi connectivity index (χ4v) is 1.49. The Kier molecular flexibility index (Phi) is 5.97. The van der Waals surface area contributed by atoms with Crippen LogP contribution in [-0.4, -0.2) is 34.9 Å². The molecule has 0 aromatic carbocycles. The van der Waals surface area contributed by atoms with Crippen LogP contribution in [0, 0.1) is 11.3 Å². The lowest BCUT2D eigenvalue weighted by molar-refractivity contribution is -0.142. The monoisotopic (exact) mass is 231 g/mol. The Morgan fingerprint density at radius 2 is 1.81 bits per heavy atom. The number of aliphatic hydroxyl groups is 1. The molecule has 0 aromatic heterocycles. The standard InChI is InChI=1S/C12H25NO3/c1-8(11(15)16)9(2)13-7-10(14)6-12(3,4)5/h8-10,13-14H,6-7H2,1-5H3,(H,15,16). The van der Waals surface area contributed by atoms with Crippen LogP contribution in [0.2, 0.25) is 0 Å². The number of hydrogen-bond acceptors (Lipinski definition) is 3. The average Bonchev–Trinajstić information content (AvgIpc) is 2.09. The van der Waals surface area contributed by atoms with Crippen LogP contribution in [0.4, 0.5) is 0 Å². The van der Waals surface area contributed by atoms with Gasteiger partial charge >= 0.3 is 5.97 Å². The first kappa shape index (κ1) is 15.4. The highest BCUT2D eigenvalue weighted by molar-refractivity contribution is 5.70. The second kappa shape index (κ2) is 6.21. The van der Waals surface area contributed by atoms with Crippen molar-refractivity contribution in [3.05, 3.63) is 0 Å². The molecule has 0 spiro atoms. The number of aliphatic carboxylic acids is 1. The van der Waals surface area contributed by atoms with Gasteiger partial charge in [-0.2, -0.15) is 0 Å². The first-order valence-electron chi connectivity index (χ1n) is 5.77. The summed E-state index contributed by atoms with van der Waals surface area (Å²) >= 11 is 0. The van der Waals surface area contributed by atoms with Crippen LogP contribution in [0.15, 0.2) is 0 Å². The number of rotatable bonds is 6. The summed E-state index contributed by atoms with van der Waals surface area (Å²) in [6, 6.07) is -0.132. The molecule has 0 heterocycles. The maximum absolute atomic E-state index is 10.7. The predicted molar refractivity (Wildman–Crippen MR) is 64.3 cm³/mol. The molecule has 0 fully saturated rings. The first-order valence-corrected chi connectivity index (χ1v) is 5.77. The van der Waals surface area contributed by atoms with E-state index >= 15 is 0 Å². The fraction of sp³-hybridized carbons (Fsp3) is 0.917. The lowest BCUT2D eigenvalue weighted by Gasteiger charge is -2.25. The van der Waals surface area contributed by atoms with Crippen LogP contribution in [0.5, 0.6) is 0 Å². The van der Waals surface area contributed by atoms with Gasteiger partial charge in [0, 0.05) is 12.6 Å². The highest BCUT2D eigenvalue weighted by atomic mass is 16.4. The number of carboxylic acids is 1. The molecule has 3 unspecified atom stereocenters.